The molecule has 0 amide bonds. The molecular weight excluding hydrogens is 476 g/mol. The number of methoxy groups -OCH3 is 1. The molecule has 1 saturated heterocycles. The van der Waals surface area contributed by atoms with Crippen molar-refractivity contribution in [3.63, 3.8) is 0 Å². The Morgan fingerprint density at radius 1 is 0.919 bits per heavy atom. The number of benzene rings is 3. The predicted molar refractivity (Wildman–Crippen MR) is 139 cm³/mol. The lowest BCUT2D eigenvalue weighted by atomic mass is 9.72. The summed E-state index contributed by atoms with van der Waals surface area (Å²) in [6, 6.07) is 17.3. The van der Waals surface area contributed by atoms with E-state index in [1.807, 2.05) is 12.1 Å². The minimum absolute atomic E-state index is 0.0902. The third kappa shape index (κ3) is 6.29. The van der Waals surface area contributed by atoms with Crippen molar-refractivity contribution >= 4 is 0 Å². The molecule has 0 spiro atoms. The van der Waals surface area contributed by atoms with Gasteiger partial charge in [0.2, 0.25) is 0 Å². The van der Waals surface area contributed by atoms with E-state index in [9.17, 15) is 19.0 Å². The van der Waals surface area contributed by atoms with Gasteiger partial charge in [-0.1, -0.05) is 30.3 Å². The number of piperidine rings is 1. The number of aliphatic hydroxyl groups excluding tert-OH is 1. The molecule has 1 heterocycles. The van der Waals surface area contributed by atoms with E-state index in [2.05, 4.69) is 4.90 Å². The molecule has 1 unspecified atom stereocenters. The lowest BCUT2D eigenvalue weighted by molar-refractivity contribution is -0.0147. The fourth-order valence-corrected chi connectivity index (χ4v) is 5.15. The summed E-state index contributed by atoms with van der Waals surface area (Å²) in [6.45, 7) is 4.70. The van der Waals surface area contributed by atoms with Gasteiger partial charge in [0.15, 0.2) is 11.5 Å². The molecular formula is C30H35F2NO4. The van der Waals surface area contributed by atoms with Crippen molar-refractivity contribution in [1.29, 1.82) is 0 Å². The molecule has 0 radical (unpaired) electrons. The van der Waals surface area contributed by atoms with Crippen LogP contribution in [0.2, 0.25) is 0 Å². The van der Waals surface area contributed by atoms with Gasteiger partial charge >= 0.3 is 0 Å². The second kappa shape index (κ2) is 12.0. The van der Waals surface area contributed by atoms with E-state index < -0.39 is 11.7 Å². The summed E-state index contributed by atoms with van der Waals surface area (Å²) in [7, 11) is 1.58. The van der Waals surface area contributed by atoms with E-state index in [1.54, 1.807) is 44.4 Å². The monoisotopic (exact) mass is 511 g/mol. The SMILES string of the molecule is COc1cc(C(C)O)ccc1OCCCN1CCC(C(O)(c2ccc(F)cc2)c2ccc(F)cc2)CC1. The average Bonchev–Trinajstić information content (AvgIpc) is 2.91. The fraction of sp³-hybridized carbons (Fsp3) is 0.400. The number of rotatable bonds is 10. The Balaban J connectivity index is 1.35. The summed E-state index contributed by atoms with van der Waals surface area (Å²) in [6.07, 6.45) is 1.75. The summed E-state index contributed by atoms with van der Waals surface area (Å²) in [4.78, 5) is 2.35. The van der Waals surface area contributed by atoms with Crippen LogP contribution in [0.5, 0.6) is 11.5 Å². The van der Waals surface area contributed by atoms with Gasteiger partial charge in [-0.25, -0.2) is 8.78 Å². The third-order valence-electron chi connectivity index (χ3n) is 7.29. The van der Waals surface area contributed by atoms with Crippen molar-refractivity contribution in [3.05, 3.63) is 95.1 Å². The highest BCUT2D eigenvalue weighted by Crippen LogP contribution is 2.42. The summed E-state index contributed by atoms with van der Waals surface area (Å²) in [5, 5.41) is 21.7. The van der Waals surface area contributed by atoms with Gasteiger partial charge in [-0.2, -0.15) is 0 Å². The Bertz CT molecular complexity index is 1100. The van der Waals surface area contributed by atoms with E-state index in [-0.39, 0.29) is 17.6 Å². The lowest BCUT2D eigenvalue weighted by Crippen LogP contribution is -2.44. The number of aliphatic hydroxyl groups is 2. The number of ether oxygens (including phenoxy) is 2. The Morgan fingerprint density at radius 2 is 1.49 bits per heavy atom. The second-order valence-electron chi connectivity index (χ2n) is 9.68. The largest absolute Gasteiger partial charge is 0.493 e. The van der Waals surface area contributed by atoms with E-state index in [0.717, 1.165) is 44.5 Å². The van der Waals surface area contributed by atoms with Gasteiger partial charge in [-0.05, 0) is 98.3 Å². The standard InChI is InChI=1S/C30H35F2NO4/c1-21(34)22-4-13-28(29(20-22)36-2)37-19-3-16-33-17-14-25(15-18-33)30(35,23-5-9-26(31)10-6-23)24-7-11-27(32)12-8-24/h4-13,20-21,25,34-35H,3,14-19H2,1-2H3. The van der Waals surface area contributed by atoms with Crippen LogP contribution in [0.3, 0.4) is 0 Å². The third-order valence-corrected chi connectivity index (χ3v) is 7.29. The highest BCUT2D eigenvalue weighted by molar-refractivity contribution is 5.43. The normalized spacial score (nSPS) is 15.9. The van der Waals surface area contributed by atoms with E-state index in [4.69, 9.17) is 9.47 Å². The molecule has 1 fully saturated rings. The molecule has 198 valence electrons. The van der Waals surface area contributed by atoms with Gasteiger partial charge in [0.05, 0.1) is 19.8 Å². The molecule has 0 aromatic heterocycles. The quantitative estimate of drug-likeness (QED) is 0.355. The molecule has 1 aliphatic rings. The zero-order valence-electron chi connectivity index (χ0n) is 21.4. The maximum absolute atomic E-state index is 13.6. The number of likely N-dealkylation sites (tertiary alicyclic amines) is 1. The minimum atomic E-state index is -1.33. The first-order valence-corrected chi connectivity index (χ1v) is 12.8. The molecule has 0 aliphatic carbocycles. The van der Waals surface area contributed by atoms with Crippen molar-refractivity contribution in [2.24, 2.45) is 5.92 Å². The van der Waals surface area contributed by atoms with Crippen molar-refractivity contribution in [2.45, 2.75) is 37.9 Å². The zero-order chi connectivity index (χ0) is 26.4. The van der Waals surface area contributed by atoms with Gasteiger partial charge in [-0.3, -0.25) is 0 Å². The Morgan fingerprint density at radius 3 is 2.00 bits per heavy atom. The molecule has 7 heteroatoms. The van der Waals surface area contributed by atoms with Crippen LogP contribution >= 0.6 is 0 Å². The first kappa shape index (κ1) is 27.0. The lowest BCUT2D eigenvalue weighted by Gasteiger charge is -2.42. The predicted octanol–water partition coefficient (Wildman–Crippen LogP) is 5.44. The van der Waals surface area contributed by atoms with Crippen LogP contribution in [0.1, 0.15) is 49.0 Å². The fourth-order valence-electron chi connectivity index (χ4n) is 5.15. The summed E-state index contributed by atoms with van der Waals surface area (Å²) < 4.78 is 38.5. The average molecular weight is 512 g/mol. The minimum Gasteiger partial charge on any atom is -0.493 e. The highest BCUT2D eigenvalue weighted by Gasteiger charge is 2.41. The van der Waals surface area contributed by atoms with E-state index in [0.29, 0.717) is 29.2 Å². The zero-order valence-corrected chi connectivity index (χ0v) is 21.4. The van der Waals surface area contributed by atoms with Crippen molar-refractivity contribution in [3.8, 4) is 11.5 Å². The number of halogens is 2. The topological polar surface area (TPSA) is 62.2 Å². The Hall–Kier alpha value is -3.00. The van der Waals surface area contributed by atoms with Crippen LogP contribution in [0.15, 0.2) is 66.7 Å². The summed E-state index contributed by atoms with van der Waals surface area (Å²) >= 11 is 0. The molecule has 37 heavy (non-hydrogen) atoms. The summed E-state index contributed by atoms with van der Waals surface area (Å²) in [5.74, 6) is 0.430. The molecule has 3 aromatic rings. The van der Waals surface area contributed by atoms with Gasteiger partial charge in [0.1, 0.15) is 17.2 Å². The van der Waals surface area contributed by atoms with Gasteiger partial charge in [0.25, 0.3) is 0 Å². The maximum atomic E-state index is 13.6. The molecule has 4 rings (SSSR count). The first-order chi connectivity index (χ1) is 17.8. The van der Waals surface area contributed by atoms with Crippen LogP contribution in [-0.2, 0) is 5.60 Å². The molecule has 3 aromatic carbocycles. The smallest absolute Gasteiger partial charge is 0.161 e. The number of hydrogen-bond acceptors (Lipinski definition) is 5. The summed E-state index contributed by atoms with van der Waals surface area (Å²) in [5.41, 5.74) is 0.671. The maximum Gasteiger partial charge on any atom is 0.161 e. The molecule has 5 nitrogen and oxygen atoms in total. The first-order valence-electron chi connectivity index (χ1n) is 12.8. The van der Waals surface area contributed by atoms with Crippen LogP contribution < -0.4 is 9.47 Å². The highest BCUT2D eigenvalue weighted by atomic mass is 19.1. The van der Waals surface area contributed by atoms with Gasteiger partial charge in [0, 0.05) is 6.54 Å². The van der Waals surface area contributed by atoms with Crippen molar-refractivity contribution in [1.82, 2.24) is 4.90 Å². The number of nitrogens with zero attached hydrogens (tertiary/aromatic N) is 1. The molecule has 0 bridgehead atoms. The molecule has 1 aliphatic heterocycles. The van der Waals surface area contributed by atoms with Gasteiger partial charge < -0.3 is 24.6 Å². The Kier molecular flexibility index (Phi) is 8.79. The van der Waals surface area contributed by atoms with E-state index in [1.165, 1.54) is 24.3 Å². The van der Waals surface area contributed by atoms with Crippen LogP contribution in [0, 0.1) is 17.6 Å². The van der Waals surface area contributed by atoms with Crippen molar-refractivity contribution in [2.75, 3.05) is 33.4 Å². The van der Waals surface area contributed by atoms with Crippen LogP contribution in [0.4, 0.5) is 8.78 Å². The Labute approximate surface area is 217 Å². The van der Waals surface area contributed by atoms with Crippen LogP contribution in [0.25, 0.3) is 0 Å². The molecule has 1 atom stereocenters. The van der Waals surface area contributed by atoms with Gasteiger partial charge in [-0.15, -0.1) is 0 Å². The van der Waals surface area contributed by atoms with E-state index >= 15 is 0 Å². The second-order valence-corrected chi connectivity index (χ2v) is 9.68. The number of hydrogen-bond donors (Lipinski definition) is 2. The molecule has 0 saturated carbocycles. The van der Waals surface area contributed by atoms with Crippen molar-refractivity contribution < 1.29 is 28.5 Å². The van der Waals surface area contributed by atoms with Crippen LogP contribution in [-0.4, -0.2) is 48.5 Å². The molecule has 2 N–H and O–H groups in total.